The van der Waals surface area contributed by atoms with E-state index in [-0.39, 0.29) is 5.91 Å². The largest absolute Gasteiger partial charge is 0.305 e. The van der Waals surface area contributed by atoms with Crippen LogP contribution in [0.5, 0.6) is 0 Å². The second-order valence-electron chi connectivity index (χ2n) is 8.00. The van der Waals surface area contributed by atoms with Gasteiger partial charge in [0, 0.05) is 52.8 Å². The van der Waals surface area contributed by atoms with E-state index in [1.54, 1.807) is 12.4 Å². The van der Waals surface area contributed by atoms with Crippen LogP contribution in [0.25, 0.3) is 0 Å². The van der Waals surface area contributed by atoms with E-state index >= 15 is 0 Å². The number of benzene rings is 1. The van der Waals surface area contributed by atoms with E-state index in [0.29, 0.717) is 16.8 Å². The predicted octanol–water partition coefficient (Wildman–Crippen LogP) is 4.06. The molecule has 1 N–H and O–H groups in total. The van der Waals surface area contributed by atoms with E-state index in [1.165, 1.54) is 31.4 Å². The smallest absolute Gasteiger partial charge is 0.256 e. The van der Waals surface area contributed by atoms with Gasteiger partial charge in [0.25, 0.3) is 5.91 Å². The lowest BCUT2D eigenvalue weighted by atomic mass is 9.66. The molecule has 0 radical (unpaired) electrons. The number of pyridine rings is 1. The topological polar surface area (TPSA) is 59.8 Å². The Bertz CT molecular complexity index is 1150. The molecule has 5 nitrogen and oxygen atoms in total. The third kappa shape index (κ3) is 3.21. The first-order chi connectivity index (χ1) is 14.1. The summed E-state index contributed by atoms with van der Waals surface area (Å²) in [5.74, 6) is 6.74. The number of aryl methyl sites for hydroxylation is 2. The first-order valence-electron chi connectivity index (χ1n) is 10.1. The molecular formula is C24H22N4O. The zero-order valence-electron chi connectivity index (χ0n) is 16.4. The maximum absolute atomic E-state index is 12.8. The summed E-state index contributed by atoms with van der Waals surface area (Å²) in [5.41, 5.74) is 4.89. The number of nitrogens with zero attached hydrogens (tertiary/aromatic N) is 3. The van der Waals surface area contributed by atoms with Crippen molar-refractivity contribution < 1.29 is 4.79 Å². The summed E-state index contributed by atoms with van der Waals surface area (Å²) in [5, 5.41) is 7.56. The Labute approximate surface area is 170 Å². The van der Waals surface area contributed by atoms with Crippen molar-refractivity contribution in [3.8, 4) is 11.8 Å². The number of hydrogen-bond acceptors (Lipinski definition) is 3. The van der Waals surface area contributed by atoms with Crippen molar-refractivity contribution in [2.24, 2.45) is 0 Å². The zero-order valence-corrected chi connectivity index (χ0v) is 16.4. The van der Waals surface area contributed by atoms with Crippen molar-refractivity contribution in [2.75, 3.05) is 5.32 Å². The van der Waals surface area contributed by atoms with Crippen LogP contribution in [-0.2, 0) is 12.0 Å². The molecule has 3 heterocycles. The molecule has 1 aliphatic carbocycles. The van der Waals surface area contributed by atoms with E-state index in [2.05, 4.69) is 38.0 Å². The van der Waals surface area contributed by atoms with Crippen LogP contribution >= 0.6 is 0 Å². The number of aromatic nitrogens is 3. The lowest BCUT2D eigenvalue weighted by molar-refractivity contribution is 0.102. The van der Waals surface area contributed by atoms with E-state index in [0.717, 1.165) is 23.2 Å². The number of anilines is 1. The van der Waals surface area contributed by atoms with Crippen molar-refractivity contribution in [3.63, 3.8) is 0 Å². The molecule has 29 heavy (non-hydrogen) atoms. The zero-order chi connectivity index (χ0) is 19.8. The minimum absolute atomic E-state index is 0.158. The van der Waals surface area contributed by atoms with Gasteiger partial charge in [-0.15, -0.1) is 0 Å². The average Bonchev–Trinajstić information content (AvgIpc) is 3.26. The van der Waals surface area contributed by atoms with Gasteiger partial charge in [-0.05, 0) is 56.0 Å². The Kier molecular flexibility index (Phi) is 4.21. The van der Waals surface area contributed by atoms with Crippen LogP contribution < -0.4 is 5.32 Å². The fraction of sp³-hybridized carbons (Fsp3) is 0.292. The molecule has 3 aromatic rings. The summed E-state index contributed by atoms with van der Waals surface area (Å²) in [6.45, 7) is 2.94. The van der Waals surface area contributed by atoms with Gasteiger partial charge < -0.3 is 5.32 Å². The molecule has 1 saturated carbocycles. The highest BCUT2D eigenvalue weighted by molar-refractivity contribution is 6.04. The number of nitrogens with one attached hydrogen (secondary N) is 1. The molecule has 1 amide bonds. The first-order valence-corrected chi connectivity index (χ1v) is 10.1. The molecule has 2 aromatic heterocycles. The fourth-order valence-electron chi connectivity index (χ4n) is 4.30. The predicted molar refractivity (Wildman–Crippen MR) is 112 cm³/mol. The van der Waals surface area contributed by atoms with Crippen molar-refractivity contribution >= 4 is 11.7 Å². The molecule has 5 rings (SSSR count). The standard InChI is InChI=1S/C24H22N4O/c1-17-5-7-20(14-19(17)8-6-18-4-2-12-25-16-18)23(29)26-22-15-21-24(9-3-10-24)11-13-28(21)27-22/h2,4-5,7,12,14-16H,3,9-11,13H2,1H3,(H,26,27,29). The number of carbonyl (C=O) groups is 1. The number of amides is 1. The Hall–Kier alpha value is -3.39. The Morgan fingerprint density at radius 3 is 2.83 bits per heavy atom. The van der Waals surface area contributed by atoms with Crippen LogP contribution in [0, 0.1) is 18.8 Å². The summed E-state index contributed by atoms with van der Waals surface area (Å²) in [6, 6.07) is 11.4. The SMILES string of the molecule is Cc1ccc(C(=O)Nc2cc3n(n2)CCC32CCC2)cc1C#Cc1cccnc1. The molecule has 2 aliphatic rings. The molecule has 0 unspecified atom stereocenters. The van der Waals surface area contributed by atoms with Crippen LogP contribution in [0.15, 0.2) is 48.8 Å². The minimum atomic E-state index is -0.158. The Morgan fingerprint density at radius 2 is 2.07 bits per heavy atom. The van der Waals surface area contributed by atoms with Crippen molar-refractivity contribution in [1.29, 1.82) is 0 Å². The summed E-state index contributed by atoms with van der Waals surface area (Å²) in [7, 11) is 0. The third-order valence-electron chi connectivity index (χ3n) is 6.18. The summed E-state index contributed by atoms with van der Waals surface area (Å²) in [6.07, 6.45) is 8.40. The van der Waals surface area contributed by atoms with E-state index in [1.807, 2.05) is 37.3 Å². The molecular weight excluding hydrogens is 360 g/mol. The van der Waals surface area contributed by atoms with E-state index in [4.69, 9.17) is 0 Å². The van der Waals surface area contributed by atoms with Gasteiger partial charge in [0.2, 0.25) is 0 Å². The minimum Gasteiger partial charge on any atom is -0.305 e. The van der Waals surface area contributed by atoms with Gasteiger partial charge in [0.1, 0.15) is 0 Å². The van der Waals surface area contributed by atoms with Gasteiger partial charge in [-0.25, -0.2) is 0 Å². The van der Waals surface area contributed by atoms with Crippen LogP contribution in [0.2, 0.25) is 0 Å². The second kappa shape index (κ2) is 6.89. The number of rotatable bonds is 2. The molecule has 5 heteroatoms. The van der Waals surface area contributed by atoms with E-state index in [9.17, 15) is 4.79 Å². The van der Waals surface area contributed by atoms with Crippen LogP contribution in [0.3, 0.4) is 0 Å². The second-order valence-corrected chi connectivity index (χ2v) is 8.00. The van der Waals surface area contributed by atoms with E-state index < -0.39 is 0 Å². The highest BCUT2D eigenvalue weighted by Crippen LogP contribution is 2.50. The number of hydrogen-bond donors (Lipinski definition) is 1. The lowest BCUT2D eigenvalue weighted by Gasteiger charge is -2.37. The Morgan fingerprint density at radius 1 is 1.17 bits per heavy atom. The maximum Gasteiger partial charge on any atom is 0.256 e. The van der Waals surface area contributed by atoms with Gasteiger partial charge in [-0.1, -0.05) is 24.3 Å². The van der Waals surface area contributed by atoms with Gasteiger partial charge in [-0.2, -0.15) is 5.10 Å². The van der Waals surface area contributed by atoms with Crippen molar-refractivity contribution in [2.45, 2.75) is 44.6 Å². The summed E-state index contributed by atoms with van der Waals surface area (Å²) >= 11 is 0. The first kappa shape index (κ1) is 17.7. The highest BCUT2D eigenvalue weighted by atomic mass is 16.1. The summed E-state index contributed by atoms with van der Waals surface area (Å²) < 4.78 is 2.06. The molecule has 0 bridgehead atoms. The molecule has 1 aromatic carbocycles. The van der Waals surface area contributed by atoms with Crippen LogP contribution in [0.1, 0.15) is 58.4 Å². The average molecular weight is 382 g/mol. The van der Waals surface area contributed by atoms with Gasteiger partial charge >= 0.3 is 0 Å². The summed E-state index contributed by atoms with van der Waals surface area (Å²) in [4.78, 5) is 16.9. The lowest BCUT2D eigenvalue weighted by Crippen LogP contribution is -2.31. The van der Waals surface area contributed by atoms with Crippen LogP contribution in [-0.4, -0.2) is 20.7 Å². The molecule has 1 aliphatic heterocycles. The van der Waals surface area contributed by atoms with Crippen molar-refractivity contribution in [3.05, 3.63) is 76.7 Å². The number of fused-ring (bicyclic) bond motifs is 2. The third-order valence-corrected chi connectivity index (χ3v) is 6.18. The molecule has 0 atom stereocenters. The Balaban J connectivity index is 1.36. The normalized spacial score (nSPS) is 15.9. The van der Waals surface area contributed by atoms with Gasteiger partial charge in [0.15, 0.2) is 5.82 Å². The highest BCUT2D eigenvalue weighted by Gasteiger charge is 2.45. The van der Waals surface area contributed by atoms with Gasteiger partial charge in [0.05, 0.1) is 0 Å². The number of carbonyl (C=O) groups excluding carboxylic acids is 1. The maximum atomic E-state index is 12.8. The molecule has 0 saturated heterocycles. The quantitative estimate of drug-likeness (QED) is 0.680. The van der Waals surface area contributed by atoms with Gasteiger partial charge in [-0.3, -0.25) is 14.5 Å². The molecule has 1 spiro atoms. The monoisotopic (exact) mass is 382 g/mol. The van der Waals surface area contributed by atoms with Crippen LogP contribution in [0.4, 0.5) is 5.82 Å². The fourth-order valence-corrected chi connectivity index (χ4v) is 4.30. The molecule has 1 fully saturated rings. The molecule has 144 valence electrons. The van der Waals surface area contributed by atoms with Crippen molar-refractivity contribution in [1.82, 2.24) is 14.8 Å².